The number of carbonyl (C=O) groups excluding carboxylic acids is 1. The van der Waals surface area contributed by atoms with Gasteiger partial charge in [-0.2, -0.15) is 0 Å². The maximum atomic E-state index is 12.3. The van der Waals surface area contributed by atoms with Crippen LogP contribution in [0.2, 0.25) is 0 Å². The molecular formula is C13H17NO4. The fraction of sp³-hybridized carbons (Fsp3) is 0.462. The van der Waals surface area contributed by atoms with Gasteiger partial charge in [0, 0.05) is 6.54 Å². The highest BCUT2D eigenvalue weighted by Gasteiger charge is 2.30. The van der Waals surface area contributed by atoms with Gasteiger partial charge < -0.3 is 19.8 Å². The number of aromatic hydroxyl groups is 1. The molecule has 2 N–H and O–H groups in total. The van der Waals surface area contributed by atoms with Crippen LogP contribution in [0.4, 0.5) is 0 Å². The summed E-state index contributed by atoms with van der Waals surface area (Å²) < 4.78 is 4.98. The van der Waals surface area contributed by atoms with Crippen molar-refractivity contribution in [2.75, 3.05) is 20.3 Å². The van der Waals surface area contributed by atoms with E-state index in [4.69, 9.17) is 4.74 Å². The molecule has 5 heteroatoms. The summed E-state index contributed by atoms with van der Waals surface area (Å²) in [5, 5.41) is 19.2. The van der Waals surface area contributed by atoms with Crippen molar-refractivity contribution in [2.24, 2.45) is 0 Å². The van der Waals surface area contributed by atoms with Gasteiger partial charge in [0.1, 0.15) is 0 Å². The van der Waals surface area contributed by atoms with Crippen LogP contribution in [0.3, 0.4) is 0 Å². The van der Waals surface area contributed by atoms with Crippen LogP contribution in [0.5, 0.6) is 11.5 Å². The number of amides is 1. The molecule has 0 saturated carbocycles. The molecule has 0 bridgehead atoms. The molecule has 0 aliphatic carbocycles. The van der Waals surface area contributed by atoms with Gasteiger partial charge in [-0.05, 0) is 25.0 Å². The van der Waals surface area contributed by atoms with Crippen molar-refractivity contribution >= 4 is 5.91 Å². The van der Waals surface area contributed by atoms with E-state index in [0.717, 1.165) is 12.8 Å². The molecule has 1 atom stereocenters. The third-order valence-corrected chi connectivity index (χ3v) is 3.30. The molecule has 1 saturated heterocycles. The summed E-state index contributed by atoms with van der Waals surface area (Å²) in [4.78, 5) is 13.9. The van der Waals surface area contributed by atoms with Gasteiger partial charge in [0.05, 0.1) is 25.3 Å². The number of likely N-dealkylation sites (tertiary alicyclic amines) is 1. The van der Waals surface area contributed by atoms with Crippen molar-refractivity contribution < 1.29 is 19.7 Å². The molecule has 1 aromatic carbocycles. The summed E-state index contributed by atoms with van der Waals surface area (Å²) >= 11 is 0. The first-order valence-electron chi connectivity index (χ1n) is 5.96. The number of methoxy groups -OCH3 is 1. The van der Waals surface area contributed by atoms with Crippen molar-refractivity contribution in [3.63, 3.8) is 0 Å². The van der Waals surface area contributed by atoms with Gasteiger partial charge in [0.25, 0.3) is 5.91 Å². The van der Waals surface area contributed by atoms with Crippen molar-refractivity contribution in [1.82, 2.24) is 4.90 Å². The number of hydrogen-bond acceptors (Lipinski definition) is 4. The lowest BCUT2D eigenvalue weighted by Crippen LogP contribution is -2.37. The van der Waals surface area contributed by atoms with Crippen LogP contribution in [-0.2, 0) is 0 Å². The Balaban J connectivity index is 2.28. The quantitative estimate of drug-likeness (QED) is 0.840. The first kappa shape index (κ1) is 12.7. The van der Waals surface area contributed by atoms with Gasteiger partial charge in [-0.1, -0.05) is 6.07 Å². The standard InChI is InChI=1S/C13H17NO4/c1-18-11-6-2-5-10(12(11)16)13(17)14-7-3-4-9(14)8-15/h2,5-6,9,15-16H,3-4,7-8H2,1H3/t9-/m0/s1. The summed E-state index contributed by atoms with van der Waals surface area (Å²) in [6, 6.07) is 4.67. The van der Waals surface area contributed by atoms with Gasteiger partial charge in [-0.3, -0.25) is 4.79 Å². The van der Waals surface area contributed by atoms with Crippen LogP contribution >= 0.6 is 0 Å². The molecule has 98 valence electrons. The molecule has 2 rings (SSSR count). The second-order valence-electron chi connectivity index (χ2n) is 4.33. The largest absolute Gasteiger partial charge is 0.504 e. The molecule has 1 fully saturated rings. The van der Waals surface area contributed by atoms with Crippen LogP contribution in [0.1, 0.15) is 23.2 Å². The van der Waals surface area contributed by atoms with E-state index < -0.39 is 0 Å². The number of aliphatic hydroxyl groups excluding tert-OH is 1. The zero-order valence-electron chi connectivity index (χ0n) is 10.3. The number of benzene rings is 1. The summed E-state index contributed by atoms with van der Waals surface area (Å²) in [5.74, 6) is -0.128. The number of aliphatic hydroxyl groups is 1. The molecule has 0 unspecified atom stereocenters. The van der Waals surface area contributed by atoms with Crippen molar-refractivity contribution in [1.29, 1.82) is 0 Å². The number of carbonyl (C=O) groups is 1. The number of para-hydroxylation sites is 1. The Morgan fingerprint density at radius 2 is 2.33 bits per heavy atom. The van der Waals surface area contributed by atoms with Gasteiger partial charge in [0.2, 0.25) is 0 Å². The lowest BCUT2D eigenvalue weighted by Gasteiger charge is -2.23. The average Bonchev–Trinajstić information content (AvgIpc) is 2.86. The highest BCUT2D eigenvalue weighted by atomic mass is 16.5. The molecule has 1 aliphatic rings. The zero-order valence-corrected chi connectivity index (χ0v) is 10.3. The number of nitrogens with zero attached hydrogens (tertiary/aromatic N) is 1. The number of phenols is 1. The number of ether oxygens (including phenoxy) is 1. The fourth-order valence-electron chi connectivity index (χ4n) is 2.31. The predicted molar refractivity (Wildman–Crippen MR) is 65.8 cm³/mol. The zero-order chi connectivity index (χ0) is 13.1. The molecular weight excluding hydrogens is 234 g/mol. The molecule has 1 aromatic rings. The van der Waals surface area contributed by atoms with E-state index in [9.17, 15) is 15.0 Å². The molecule has 5 nitrogen and oxygen atoms in total. The minimum Gasteiger partial charge on any atom is -0.504 e. The van der Waals surface area contributed by atoms with Crippen LogP contribution in [0, 0.1) is 0 Å². The van der Waals surface area contributed by atoms with E-state index in [1.165, 1.54) is 7.11 Å². The molecule has 1 aliphatic heterocycles. The monoisotopic (exact) mass is 251 g/mol. The Kier molecular flexibility index (Phi) is 3.72. The first-order chi connectivity index (χ1) is 8.69. The van der Waals surface area contributed by atoms with Crippen LogP contribution in [-0.4, -0.2) is 47.3 Å². The molecule has 0 aromatic heterocycles. The second kappa shape index (κ2) is 5.27. The van der Waals surface area contributed by atoms with Gasteiger partial charge >= 0.3 is 0 Å². The van der Waals surface area contributed by atoms with Crippen molar-refractivity contribution in [3.8, 4) is 11.5 Å². The maximum absolute atomic E-state index is 12.3. The summed E-state index contributed by atoms with van der Waals surface area (Å²) in [5.41, 5.74) is 0.217. The van der Waals surface area contributed by atoms with E-state index in [1.54, 1.807) is 23.1 Å². The molecule has 18 heavy (non-hydrogen) atoms. The number of phenolic OH excluding ortho intramolecular Hbond substituents is 1. The van der Waals surface area contributed by atoms with E-state index in [2.05, 4.69) is 0 Å². The SMILES string of the molecule is COc1cccc(C(=O)N2CCC[C@H]2CO)c1O. The van der Waals surface area contributed by atoms with Crippen LogP contribution in [0.25, 0.3) is 0 Å². The second-order valence-corrected chi connectivity index (χ2v) is 4.33. The average molecular weight is 251 g/mol. The third kappa shape index (κ3) is 2.13. The van der Waals surface area contributed by atoms with E-state index in [1.807, 2.05) is 0 Å². The summed E-state index contributed by atoms with van der Waals surface area (Å²) in [6.07, 6.45) is 1.68. The van der Waals surface area contributed by atoms with Gasteiger partial charge in [0.15, 0.2) is 11.5 Å². The fourth-order valence-corrected chi connectivity index (χ4v) is 2.31. The normalized spacial score (nSPS) is 19.0. The molecule has 0 radical (unpaired) electrons. The summed E-state index contributed by atoms with van der Waals surface area (Å²) in [7, 11) is 1.44. The predicted octanol–water partition coefficient (Wildman–Crippen LogP) is 0.998. The van der Waals surface area contributed by atoms with Crippen molar-refractivity contribution in [2.45, 2.75) is 18.9 Å². The Labute approximate surface area is 106 Å². The smallest absolute Gasteiger partial charge is 0.258 e. The highest BCUT2D eigenvalue weighted by molar-refractivity contribution is 5.98. The van der Waals surface area contributed by atoms with E-state index in [-0.39, 0.29) is 35.6 Å². The lowest BCUT2D eigenvalue weighted by molar-refractivity contribution is 0.0674. The third-order valence-electron chi connectivity index (χ3n) is 3.30. The Bertz CT molecular complexity index is 447. The molecule has 0 spiro atoms. The first-order valence-corrected chi connectivity index (χ1v) is 5.96. The maximum Gasteiger partial charge on any atom is 0.258 e. The topological polar surface area (TPSA) is 70.0 Å². The Morgan fingerprint density at radius 1 is 1.56 bits per heavy atom. The van der Waals surface area contributed by atoms with Crippen molar-refractivity contribution in [3.05, 3.63) is 23.8 Å². The van der Waals surface area contributed by atoms with Gasteiger partial charge in [-0.25, -0.2) is 0 Å². The minimum atomic E-state index is -0.261. The van der Waals surface area contributed by atoms with Gasteiger partial charge in [-0.15, -0.1) is 0 Å². The number of hydrogen-bond donors (Lipinski definition) is 2. The molecule has 1 amide bonds. The Morgan fingerprint density at radius 3 is 3.00 bits per heavy atom. The van der Waals surface area contributed by atoms with E-state index in [0.29, 0.717) is 6.54 Å². The summed E-state index contributed by atoms with van der Waals surface area (Å²) in [6.45, 7) is 0.567. The van der Waals surface area contributed by atoms with Crippen LogP contribution in [0.15, 0.2) is 18.2 Å². The number of rotatable bonds is 3. The minimum absolute atomic E-state index is 0.0452. The Hall–Kier alpha value is -1.75. The highest BCUT2D eigenvalue weighted by Crippen LogP contribution is 2.31. The molecule has 1 heterocycles. The van der Waals surface area contributed by atoms with Crippen LogP contribution < -0.4 is 4.74 Å². The van der Waals surface area contributed by atoms with E-state index >= 15 is 0 Å². The lowest BCUT2D eigenvalue weighted by atomic mass is 10.1.